The van der Waals surface area contributed by atoms with Crippen molar-refractivity contribution < 1.29 is 101 Å². The van der Waals surface area contributed by atoms with Crippen LogP contribution in [0.4, 0.5) is 9.59 Å². The third-order valence-electron chi connectivity index (χ3n) is 17.1. The summed E-state index contributed by atoms with van der Waals surface area (Å²) in [4.78, 5) is 118. The SMILES string of the molecule is CC(C)(C)OC(=O)NCCO.CC(C)(C)OC(=O)NCCOC(=O)C(C)(C)Oc1ccc(CCNC(=O)c2ccc(Cl)cc2)cc1.CC(C)(Oc1ccc(CCNC(=O)c2ccc(Cl)cc2)cc1)C(=O)O.CC(C)(Oc1ccc(CCNC(=O)c2ccc(Cl)cc2)cc1)C(=O)OCCN.CNCCOC(=O)C(C)(C)Oc1ccc(CCNC(=O)c2ccc(Cl)cc2)cc1.Cl. The van der Waals surface area contributed by atoms with Gasteiger partial charge in [-0.3, -0.25) is 19.2 Å². The normalized spacial score (nSPS) is 11.0. The topological polar surface area (TPSA) is 404 Å². The Morgan fingerprint density at radius 1 is 0.318 bits per heavy atom. The van der Waals surface area contributed by atoms with Gasteiger partial charge in [-0.1, -0.05) is 94.9 Å². The number of aliphatic hydroxyl groups is 1. The van der Waals surface area contributed by atoms with E-state index in [2.05, 4.69) is 37.2 Å². The van der Waals surface area contributed by atoms with Crippen LogP contribution < -0.4 is 61.9 Å². The standard InChI is InChI=1S/C26H33ClN2O6.C22H27ClN2O4.C21H25ClN2O4.C19H20ClNO4.C7H15NO3.ClH/c1-25(2,3)35-24(32)29-16-17-33-23(31)26(4,5)34-21-12-6-18(7-13-21)14-15-28-22(30)19-8-10-20(27)11-9-19;1-22(2,21(27)28-15-14-24-3)29-19-10-4-16(5-11-19)12-13-25-20(26)17-6-8-18(23)9-7-17;1-21(2,20(26)27-14-12-23)28-18-9-3-15(4-10-18)11-13-24-19(25)16-5-7-17(22)8-6-16;1-19(2,18(23)24)25-16-9-3-13(4-10-16)11-12-21-17(22)14-5-7-15(20)8-6-14;1-7(2,3)11-6(10)8-4-5-9;/h6-13H,14-17H2,1-5H3,(H,28,30)(H,29,32);4-11,24H,12-15H2,1-3H3,(H,25,26);3-10H,11-14,23H2,1-2H3,(H,24,25);3-10H,11-12H2,1-2H3,(H,21,22)(H,23,24);9H,4-5H2,1-3H3,(H,8,10);1H. The number of nitrogens with two attached hydrogens (primary N) is 1. The lowest BCUT2D eigenvalue weighted by atomic mass is 10.1. The minimum absolute atomic E-state index is 0. The van der Waals surface area contributed by atoms with E-state index in [1.807, 2.05) is 48.5 Å². The first kappa shape index (κ1) is 112. The number of hydrogen-bond donors (Lipinski definition) is 10. The number of alkyl carbamates (subject to hydrolysis) is 2. The molecule has 0 heterocycles. The maximum atomic E-state index is 12.4. The molecule has 8 rings (SSSR count). The first-order valence-electron chi connectivity index (χ1n) is 41.1. The largest absolute Gasteiger partial charge is 0.478 e. The molecule has 0 aliphatic carbocycles. The molecule has 0 saturated carbocycles. The van der Waals surface area contributed by atoms with Crippen LogP contribution >= 0.6 is 58.8 Å². The number of benzene rings is 8. The lowest BCUT2D eigenvalue weighted by Crippen LogP contribution is -2.41. The summed E-state index contributed by atoms with van der Waals surface area (Å²) < 4.78 is 48.2. The van der Waals surface area contributed by atoms with Crippen LogP contribution in [-0.2, 0) is 68.5 Å². The molecule has 0 aliphatic rings. The minimum Gasteiger partial charge on any atom is -0.478 e. The molecule has 0 saturated heterocycles. The first-order valence-corrected chi connectivity index (χ1v) is 42.6. The van der Waals surface area contributed by atoms with Gasteiger partial charge >= 0.3 is 36.1 Å². The van der Waals surface area contributed by atoms with Gasteiger partial charge in [0.15, 0.2) is 22.4 Å². The van der Waals surface area contributed by atoms with Gasteiger partial charge in [-0.15, -0.1) is 12.4 Å². The Hall–Kier alpha value is -11.4. The van der Waals surface area contributed by atoms with Crippen molar-refractivity contribution in [1.29, 1.82) is 0 Å². The lowest BCUT2D eigenvalue weighted by Gasteiger charge is -2.24. The fourth-order valence-corrected chi connectivity index (χ4v) is 10.8. The van der Waals surface area contributed by atoms with Crippen LogP contribution in [-0.4, -0.2) is 189 Å². The Morgan fingerprint density at radius 2 is 0.550 bits per heavy atom. The molecule has 0 aliphatic heterocycles. The molecule has 11 N–H and O–H groups in total. The van der Waals surface area contributed by atoms with Crippen molar-refractivity contribution in [2.24, 2.45) is 5.73 Å². The highest BCUT2D eigenvalue weighted by Crippen LogP contribution is 2.26. The highest BCUT2D eigenvalue weighted by atomic mass is 35.5. The molecule has 0 bridgehead atoms. The molecular formula is C95H121Cl5N8O21. The smallest absolute Gasteiger partial charge is 0.407 e. The summed E-state index contributed by atoms with van der Waals surface area (Å²) in [6.07, 6.45) is 1.56. The number of likely N-dealkylation sites (N-methyl/N-ethyl adjacent to an activating group) is 1. The summed E-state index contributed by atoms with van der Waals surface area (Å²) in [5, 5.41) is 39.0. The number of carboxylic acids is 1. The Morgan fingerprint density at radius 3 is 0.775 bits per heavy atom. The van der Waals surface area contributed by atoms with Crippen molar-refractivity contribution >= 4 is 119 Å². The summed E-state index contributed by atoms with van der Waals surface area (Å²) in [6, 6.07) is 56.1. The van der Waals surface area contributed by atoms with Crippen LogP contribution in [0.1, 0.15) is 161 Å². The number of carbonyl (C=O) groups excluding carboxylic acids is 9. The lowest BCUT2D eigenvalue weighted by molar-refractivity contribution is -0.159. The van der Waals surface area contributed by atoms with Crippen LogP contribution in [0.2, 0.25) is 20.1 Å². The predicted octanol–water partition coefficient (Wildman–Crippen LogP) is 15.2. The Kier molecular flexibility index (Phi) is 48.6. The van der Waals surface area contributed by atoms with Gasteiger partial charge in [-0.2, -0.15) is 0 Å². The molecule has 29 nitrogen and oxygen atoms in total. The molecular weight excluding hydrogens is 1770 g/mol. The summed E-state index contributed by atoms with van der Waals surface area (Å²) in [6.45, 7) is 27.0. The quantitative estimate of drug-likeness (QED) is 0.00976. The molecule has 34 heteroatoms. The van der Waals surface area contributed by atoms with Crippen LogP contribution in [0.15, 0.2) is 194 Å². The number of aliphatic carboxylic acids is 1. The van der Waals surface area contributed by atoms with Gasteiger partial charge < -0.3 is 95.8 Å². The van der Waals surface area contributed by atoms with Crippen LogP contribution in [0.25, 0.3) is 0 Å². The molecule has 0 unspecified atom stereocenters. The summed E-state index contributed by atoms with van der Waals surface area (Å²) in [5.41, 5.74) is 5.91. The fourth-order valence-electron chi connectivity index (χ4n) is 10.3. The van der Waals surface area contributed by atoms with Crippen LogP contribution in [0.5, 0.6) is 23.0 Å². The molecule has 0 spiro atoms. The molecule has 0 atom stereocenters. The van der Waals surface area contributed by atoms with Gasteiger partial charge in [0.1, 0.15) is 54.0 Å². The second-order valence-electron chi connectivity index (χ2n) is 32.3. The molecule has 8 aromatic rings. The van der Waals surface area contributed by atoms with Gasteiger partial charge in [0, 0.05) is 88.2 Å². The van der Waals surface area contributed by atoms with E-state index in [1.54, 1.807) is 236 Å². The van der Waals surface area contributed by atoms with Crippen molar-refractivity contribution in [1.82, 2.24) is 37.2 Å². The molecule has 129 heavy (non-hydrogen) atoms. The van der Waals surface area contributed by atoms with Crippen molar-refractivity contribution in [2.45, 2.75) is 156 Å². The monoisotopic (exact) mass is 1880 g/mol. The number of esters is 3. The number of rotatable bonds is 38. The highest BCUT2D eigenvalue weighted by Gasteiger charge is 2.35. The number of carbonyl (C=O) groups is 10. The molecule has 0 aromatic heterocycles. The third kappa shape index (κ3) is 45.9. The Bertz CT molecular complexity index is 4790. The van der Waals surface area contributed by atoms with E-state index >= 15 is 0 Å². The number of carboxylic acid groups (broad SMARTS) is 1. The van der Waals surface area contributed by atoms with E-state index in [4.69, 9.17) is 105 Å². The predicted molar refractivity (Wildman–Crippen MR) is 501 cm³/mol. The Balaban J connectivity index is 0.000000427. The van der Waals surface area contributed by atoms with Crippen LogP contribution in [0, 0.1) is 0 Å². The molecule has 0 radical (unpaired) electrons. The zero-order chi connectivity index (χ0) is 95.3. The number of nitrogens with one attached hydrogen (secondary N) is 7. The van der Waals surface area contributed by atoms with Crippen LogP contribution in [0.3, 0.4) is 0 Å². The van der Waals surface area contributed by atoms with Gasteiger partial charge in [0.25, 0.3) is 23.6 Å². The number of halogens is 5. The first-order chi connectivity index (χ1) is 60.2. The number of hydrogen-bond acceptors (Lipinski definition) is 22. The second-order valence-corrected chi connectivity index (χ2v) is 34.0. The number of ether oxygens (including phenoxy) is 9. The van der Waals surface area contributed by atoms with Gasteiger partial charge in [-0.05, 0) is 298 Å². The van der Waals surface area contributed by atoms with E-state index in [0.29, 0.717) is 130 Å². The van der Waals surface area contributed by atoms with Crippen molar-refractivity contribution in [3.63, 3.8) is 0 Å². The van der Waals surface area contributed by atoms with E-state index in [-0.39, 0.29) is 75.5 Å². The van der Waals surface area contributed by atoms with E-state index in [9.17, 15) is 47.9 Å². The van der Waals surface area contributed by atoms with Gasteiger partial charge in [0.05, 0.1) is 13.2 Å². The number of amides is 6. The van der Waals surface area contributed by atoms with Crippen molar-refractivity contribution in [3.8, 4) is 23.0 Å². The minimum atomic E-state index is -1.28. The number of aliphatic hydroxyl groups excluding tert-OH is 1. The average molecular weight is 1890 g/mol. The molecule has 8 aromatic carbocycles. The second kappa shape index (κ2) is 56.1. The van der Waals surface area contributed by atoms with Crippen molar-refractivity contribution in [2.75, 3.05) is 85.8 Å². The molecule has 6 amide bonds. The summed E-state index contributed by atoms with van der Waals surface area (Å²) >= 11 is 23.3. The zero-order valence-corrected chi connectivity index (χ0v) is 79.3. The highest BCUT2D eigenvalue weighted by molar-refractivity contribution is 6.31. The zero-order valence-electron chi connectivity index (χ0n) is 75.4. The maximum absolute atomic E-state index is 12.4. The van der Waals surface area contributed by atoms with E-state index < -0.39 is 69.7 Å². The molecule has 0 fully saturated rings. The fraction of sp³-hybridized carbons (Fsp3) is 0.389. The van der Waals surface area contributed by atoms with E-state index in [0.717, 1.165) is 22.3 Å². The average Bonchev–Trinajstić information content (AvgIpc) is 0.854. The molecule has 702 valence electrons. The summed E-state index contributed by atoms with van der Waals surface area (Å²) in [5.74, 6) is -0.933. The van der Waals surface area contributed by atoms with Gasteiger partial charge in [-0.25, -0.2) is 28.8 Å². The van der Waals surface area contributed by atoms with Gasteiger partial charge in [0.2, 0.25) is 0 Å². The maximum Gasteiger partial charge on any atom is 0.407 e. The Labute approximate surface area is 781 Å². The third-order valence-corrected chi connectivity index (χ3v) is 18.1. The van der Waals surface area contributed by atoms with E-state index in [1.165, 1.54) is 13.8 Å². The van der Waals surface area contributed by atoms with Crippen molar-refractivity contribution in [3.05, 3.63) is 259 Å². The summed E-state index contributed by atoms with van der Waals surface area (Å²) in [7, 11) is 1.79.